The summed E-state index contributed by atoms with van der Waals surface area (Å²) in [5.41, 5.74) is 0.466. The number of likely N-dealkylation sites (N-methyl/N-ethyl adjacent to an activating group) is 1. The van der Waals surface area contributed by atoms with Crippen molar-refractivity contribution in [1.29, 1.82) is 0 Å². The highest BCUT2D eigenvalue weighted by atomic mass is 32.2. The fourth-order valence-electron chi connectivity index (χ4n) is 4.26. The quantitative estimate of drug-likeness (QED) is 0.379. The minimum absolute atomic E-state index is 0.0666. The van der Waals surface area contributed by atoms with Gasteiger partial charge in [0.15, 0.2) is 0 Å². The molecule has 2 amide bonds. The molecule has 1 aromatic heterocycles. The number of benzene rings is 2. The maximum atomic E-state index is 13.6. The number of nitrogens with one attached hydrogen (secondary N) is 1. The van der Waals surface area contributed by atoms with E-state index in [1.165, 1.54) is 47.2 Å². The van der Waals surface area contributed by atoms with E-state index in [9.17, 15) is 27.5 Å². The van der Waals surface area contributed by atoms with Gasteiger partial charge in [0, 0.05) is 25.2 Å². The normalized spacial score (nSPS) is 18.4. The number of aliphatic hydroxyl groups is 1. The van der Waals surface area contributed by atoms with Gasteiger partial charge in [-0.05, 0) is 59.8 Å². The molecule has 2 N–H and O–H groups in total. The number of nitrogens with zero attached hydrogens (tertiary/aromatic N) is 6. The lowest BCUT2D eigenvalue weighted by Gasteiger charge is -2.38. The van der Waals surface area contributed by atoms with E-state index in [0.717, 1.165) is 16.4 Å². The summed E-state index contributed by atoms with van der Waals surface area (Å²) in [4.78, 5) is 27.5. The number of carbonyl (C=O) groups excluding carboxylic acids is 2. The van der Waals surface area contributed by atoms with E-state index in [1.54, 1.807) is 13.0 Å². The van der Waals surface area contributed by atoms with Gasteiger partial charge in [0.25, 0.3) is 5.91 Å². The Labute approximate surface area is 230 Å². The molecule has 0 bridgehead atoms. The van der Waals surface area contributed by atoms with Crippen LogP contribution in [0.1, 0.15) is 24.2 Å². The highest BCUT2D eigenvalue weighted by molar-refractivity contribution is 7.89. The molecule has 1 aliphatic rings. The summed E-state index contributed by atoms with van der Waals surface area (Å²) in [6, 6.07) is 8.55. The summed E-state index contributed by atoms with van der Waals surface area (Å²) in [5, 5.41) is 23.1. The van der Waals surface area contributed by atoms with Crippen molar-refractivity contribution >= 4 is 27.5 Å². The van der Waals surface area contributed by atoms with E-state index in [-0.39, 0.29) is 48.4 Å². The minimum Gasteiger partial charge on any atom is -0.488 e. The van der Waals surface area contributed by atoms with E-state index in [2.05, 4.69) is 20.8 Å². The number of aliphatic hydroxyl groups excluding tert-OH is 1. The van der Waals surface area contributed by atoms with Crippen molar-refractivity contribution in [1.82, 2.24) is 29.4 Å². The maximum Gasteiger partial charge on any atom is 0.258 e. The summed E-state index contributed by atoms with van der Waals surface area (Å²) >= 11 is 0. The first-order valence-electron chi connectivity index (χ1n) is 12.4. The van der Waals surface area contributed by atoms with Gasteiger partial charge in [-0.2, -0.15) is 4.31 Å². The van der Waals surface area contributed by atoms with Crippen LogP contribution in [0.4, 0.5) is 10.1 Å². The summed E-state index contributed by atoms with van der Waals surface area (Å²) in [6.45, 7) is 3.19. The molecular weight excluding hydrogens is 545 g/mol. The number of halogens is 1. The number of rotatable bonds is 9. The molecule has 0 spiro atoms. The number of fused-ring (bicyclic) bond motifs is 1. The third-order valence-electron chi connectivity index (χ3n) is 6.60. The molecule has 0 radical (unpaired) electrons. The molecule has 3 atom stereocenters. The number of anilines is 1. The lowest BCUT2D eigenvalue weighted by molar-refractivity contribution is -0.116. The lowest BCUT2D eigenvalue weighted by atomic mass is 9.99. The Morgan fingerprint density at radius 1 is 1.27 bits per heavy atom. The molecule has 4 rings (SSSR count). The average molecular weight is 576 g/mol. The Morgan fingerprint density at radius 3 is 2.65 bits per heavy atom. The number of aromatic nitrogens is 4. The van der Waals surface area contributed by atoms with Crippen molar-refractivity contribution < 1.29 is 32.2 Å². The minimum atomic E-state index is -3.96. The van der Waals surface area contributed by atoms with Crippen LogP contribution in [0.5, 0.6) is 5.75 Å². The van der Waals surface area contributed by atoms with Gasteiger partial charge >= 0.3 is 0 Å². The predicted molar refractivity (Wildman–Crippen MR) is 140 cm³/mol. The van der Waals surface area contributed by atoms with Crippen molar-refractivity contribution in [3.05, 3.63) is 60.2 Å². The Balaban J connectivity index is 1.62. The highest BCUT2D eigenvalue weighted by Crippen LogP contribution is 2.31. The van der Waals surface area contributed by atoms with Crippen LogP contribution in [0.2, 0.25) is 0 Å². The van der Waals surface area contributed by atoms with Crippen molar-refractivity contribution in [3.8, 4) is 5.75 Å². The molecule has 40 heavy (non-hydrogen) atoms. The van der Waals surface area contributed by atoms with Crippen LogP contribution in [0.3, 0.4) is 0 Å². The number of ether oxygens (including phenoxy) is 1. The van der Waals surface area contributed by atoms with Crippen molar-refractivity contribution in [2.24, 2.45) is 5.92 Å². The van der Waals surface area contributed by atoms with E-state index in [0.29, 0.717) is 5.69 Å². The molecule has 3 aromatic rings. The van der Waals surface area contributed by atoms with Crippen LogP contribution < -0.4 is 10.1 Å². The van der Waals surface area contributed by atoms with Gasteiger partial charge in [-0.25, -0.2) is 17.5 Å². The molecule has 13 nitrogen and oxygen atoms in total. The predicted octanol–water partition coefficient (Wildman–Crippen LogP) is 0.992. The first-order valence-corrected chi connectivity index (χ1v) is 13.9. The number of hydrogen-bond acceptors (Lipinski definition) is 9. The van der Waals surface area contributed by atoms with E-state index in [1.807, 2.05) is 6.92 Å². The van der Waals surface area contributed by atoms with E-state index >= 15 is 0 Å². The lowest BCUT2D eigenvalue weighted by Crippen LogP contribution is -2.50. The molecule has 1 aliphatic heterocycles. The third-order valence-corrected chi connectivity index (χ3v) is 8.44. The first-order chi connectivity index (χ1) is 19.0. The van der Waals surface area contributed by atoms with Gasteiger partial charge in [0.2, 0.25) is 15.9 Å². The number of hydrogen-bond donors (Lipinski definition) is 2. The van der Waals surface area contributed by atoms with Crippen LogP contribution in [-0.2, 0) is 21.4 Å². The Morgan fingerprint density at radius 2 is 2.00 bits per heavy atom. The second-order valence-corrected chi connectivity index (χ2v) is 11.7. The van der Waals surface area contributed by atoms with Gasteiger partial charge in [-0.15, -0.1) is 5.10 Å². The highest BCUT2D eigenvalue weighted by Gasteiger charge is 2.35. The Hall–Kier alpha value is -3.95. The van der Waals surface area contributed by atoms with Gasteiger partial charge in [0.1, 0.15) is 30.5 Å². The van der Waals surface area contributed by atoms with Crippen LogP contribution in [0.25, 0.3) is 0 Å². The SMILES string of the molecule is C[C@H](CO)N1C[C@H](C)[C@H](CN(C)S(=O)(=O)c2ccc(F)cc2)Oc2ccc(NC(=O)Cn3cnnn3)cc2C1=O. The van der Waals surface area contributed by atoms with E-state index in [4.69, 9.17) is 4.74 Å². The summed E-state index contributed by atoms with van der Waals surface area (Å²) in [5.74, 6) is -1.53. The molecule has 0 aliphatic carbocycles. The second kappa shape index (κ2) is 12.1. The number of tetrazole rings is 1. The number of carbonyl (C=O) groups is 2. The monoisotopic (exact) mass is 575 g/mol. The molecule has 2 heterocycles. The van der Waals surface area contributed by atoms with Crippen LogP contribution >= 0.6 is 0 Å². The third kappa shape index (κ3) is 6.43. The molecule has 0 fully saturated rings. The van der Waals surface area contributed by atoms with Gasteiger partial charge in [-0.3, -0.25) is 9.59 Å². The van der Waals surface area contributed by atoms with Crippen LogP contribution in [0.15, 0.2) is 53.7 Å². The molecule has 0 saturated heterocycles. The van der Waals surface area contributed by atoms with Crippen LogP contribution in [-0.4, -0.2) is 93.6 Å². The maximum absolute atomic E-state index is 13.6. The molecule has 15 heteroatoms. The molecular formula is C25H30FN7O6S. The molecule has 2 aromatic carbocycles. The van der Waals surface area contributed by atoms with Crippen molar-refractivity contribution in [3.63, 3.8) is 0 Å². The molecule has 214 valence electrons. The number of sulfonamides is 1. The molecule has 0 unspecified atom stereocenters. The topological polar surface area (TPSA) is 160 Å². The first kappa shape index (κ1) is 29.0. The fraction of sp³-hybridized carbons (Fsp3) is 0.400. The summed E-state index contributed by atoms with van der Waals surface area (Å²) < 4.78 is 48.3. The molecule has 0 saturated carbocycles. The Bertz CT molecular complexity index is 1450. The second-order valence-electron chi connectivity index (χ2n) is 9.63. The van der Waals surface area contributed by atoms with E-state index < -0.39 is 39.8 Å². The smallest absolute Gasteiger partial charge is 0.258 e. The summed E-state index contributed by atoms with van der Waals surface area (Å²) in [7, 11) is -2.56. The largest absolute Gasteiger partial charge is 0.488 e. The van der Waals surface area contributed by atoms with Gasteiger partial charge < -0.3 is 20.1 Å². The Kier molecular flexibility index (Phi) is 8.76. The standard InChI is InChI=1S/C25H30FN7O6S/c1-16-11-33(17(2)14-34)25(36)21-10-19(28-24(35)13-32-15-27-29-30-32)6-9-22(21)39-23(16)12-31(3)40(37,38)20-7-4-18(26)5-8-20/h4-10,15-17,23,34H,11-14H2,1-3H3,(H,28,35)/t16-,17+,23-/m0/s1. The van der Waals surface area contributed by atoms with Gasteiger partial charge in [0.05, 0.1) is 29.7 Å². The van der Waals surface area contributed by atoms with Crippen molar-refractivity contribution in [2.45, 2.75) is 37.4 Å². The van der Waals surface area contributed by atoms with Crippen molar-refractivity contribution in [2.75, 3.05) is 32.1 Å². The summed E-state index contributed by atoms with van der Waals surface area (Å²) in [6.07, 6.45) is 0.598. The zero-order chi connectivity index (χ0) is 29.0. The van der Waals surface area contributed by atoms with Gasteiger partial charge in [-0.1, -0.05) is 6.92 Å². The zero-order valence-corrected chi connectivity index (χ0v) is 23.0. The fourth-order valence-corrected chi connectivity index (χ4v) is 5.44. The average Bonchev–Trinajstić information content (AvgIpc) is 3.43. The van der Waals surface area contributed by atoms with Crippen LogP contribution in [0, 0.1) is 11.7 Å². The number of amides is 2. The zero-order valence-electron chi connectivity index (χ0n) is 22.1.